The second kappa shape index (κ2) is 4.42. The van der Waals surface area contributed by atoms with Crippen molar-refractivity contribution in [1.29, 1.82) is 0 Å². The van der Waals surface area contributed by atoms with E-state index >= 15 is 0 Å². The summed E-state index contributed by atoms with van der Waals surface area (Å²) in [5.74, 6) is -0.0109. The van der Waals surface area contributed by atoms with Gasteiger partial charge in [-0.2, -0.15) is 0 Å². The van der Waals surface area contributed by atoms with Crippen LogP contribution in [0, 0.1) is 0 Å². The maximum Gasteiger partial charge on any atom is 0.217 e. The molecule has 0 spiro atoms. The van der Waals surface area contributed by atoms with Crippen LogP contribution in [-0.2, 0) is 4.79 Å². The predicted molar refractivity (Wildman–Crippen MR) is 56.4 cm³/mol. The van der Waals surface area contributed by atoms with Crippen LogP contribution in [0.2, 0.25) is 0 Å². The van der Waals surface area contributed by atoms with E-state index in [-0.39, 0.29) is 11.9 Å². The van der Waals surface area contributed by atoms with Crippen LogP contribution in [0.1, 0.15) is 25.5 Å². The van der Waals surface area contributed by atoms with Crippen LogP contribution in [0.15, 0.2) is 28.7 Å². The molecule has 1 N–H and O–H groups in total. The summed E-state index contributed by atoms with van der Waals surface area (Å²) in [6.07, 6.45) is 0. The van der Waals surface area contributed by atoms with Crippen LogP contribution in [-0.4, -0.2) is 5.91 Å². The van der Waals surface area contributed by atoms with Gasteiger partial charge in [0.1, 0.15) is 0 Å². The fourth-order valence-electron chi connectivity index (χ4n) is 1.21. The average Bonchev–Trinajstić information content (AvgIpc) is 2.03. The molecule has 1 aromatic rings. The molecule has 0 unspecified atom stereocenters. The summed E-state index contributed by atoms with van der Waals surface area (Å²) in [6, 6.07) is 7.92. The van der Waals surface area contributed by atoms with E-state index in [0.717, 1.165) is 10.0 Å². The lowest BCUT2D eigenvalue weighted by Gasteiger charge is -2.14. The van der Waals surface area contributed by atoms with E-state index < -0.39 is 0 Å². The molecule has 0 bridgehead atoms. The van der Waals surface area contributed by atoms with Crippen LogP contribution in [0.4, 0.5) is 0 Å². The second-order valence-electron chi connectivity index (χ2n) is 2.94. The Kier molecular flexibility index (Phi) is 3.48. The van der Waals surface area contributed by atoms with Gasteiger partial charge in [-0.25, -0.2) is 0 Å². The topological polar surface area (TPSA) is 29.1 Å². The number of amides is 1. The monoisotopic (exact) mass is 241 g/mol. The Labute approximate surface area is 86.5 Å². The minimum atomic E-state index is -0.0109. The van der Waals surface area contributed by atoms with Gasteiger partial charge in [-0.15, -0.1) is 0 Å². The summed E-state index contributed by atoms with van der Waals surface area (Å²) in [6.45, 7) is 3.48. The average molecular weight is 242 g/mol. The Morgan fingerprint density at radius 3 is 2.62 bits per heavy atom. The van der Waals surface area contributed by atoms with Gasteiger partial charge in [-0.1, -0.05) is 34.1 Å². The van der Waals surface area contributed by atoms with Crippen molar-refractivity contribution in [3.05, 3.63) is 34.3 Å². The highest BCUT2D eigenvalue weighted by molar-refractivity contribution is 9.10. The van der Waals surface area contributed by atoms with Gasteiger partial charge in [-0.05, 0) is 18.6 Å². The summed E-state index contributed by atoms with van der Waals surface area (Å²) in [5, 5.41) is 2.83. The van der Waals surface area contributed by atoms with Crippen molar-refractivity contribution < 1.29 is 4.79 Å². The Morgan fingerprint density at radius 2 is 2.08 bits per heavy atom. The molecule has 2 nitrogen and oxygen atoms in total. The summed E-state index contributed by atoms with van der Waals surface area (Å²) < 4.78 is 1.02. The third kappa shape index (κ3) is 2.84. The second-order valence-corrected chi connectivity index (χ2v) is 3.80. The molecule has 0 aliphatic heterocycles. The highest BCUT2D eigenvalue weighted by Crippen LogP contribution is 2.22. The number of hydrogen-bond donors (Lipinski definition) is 1. The zero-order chi connectivity index (χ0) is 9.84. The number of hydrogen-bond acceptors (Lipinski definition) is 1. The molecule has 0 aromatic heterocycles. The summed E-state index contributed by atoms with van der Waals surface area (Å²) in [4.78, 5) is 10.8. The summed E-state index contributed by atoms with van der Waals surface area (Å²) in [5.41, 5.74) is 1.10. The number of rotatable bonds is 2. The van der Waals surface area contributed by atoms with Gasteiger partial charge in [-0.3, -0.25) is 4.79 Å². The molecule has 0 aliphatic rings. The molecule has 1 aromatic carbocycles. The number of benzene rings is 1. The highest BCUT2D eigenvalue weighted by atomic mass is 79.9. The van der Waals surface area contributed by atoms with Crippen molar-refractivity contribution in [2.75, 3.05) is 0 Å². The lowest BCUT2D eigenvalue weighted by atomic mass is 10.1. The first-order valence-corrected chi connectivity index (χ1v) is 4.92. The fourth-order valence-corrected chi connectivity index (χ4v) is 1.84. The Hall–Kier alpha value is -0.830. The van der Waals surface area contributed by atoms with Crippen LogP contribution in [0.25, 0.3) is 0 Å². The van der Waals surface area contributed by atoms with Crippen molar-refractivity contribution in [2.45, 2.75) is 19.9 Å². The van der Waals surface area contributed by atoms with Crippen molar-refractivity contribution >= 4 is 21.8 Å². The van der Waals surface area contributed by atoms with Crippen LogP contribution >= 0.6 is 15.9 Å². The van der Waals surface area contributed by atoms with Gasteiger partial charge in [0.05, 0.1) is 6.04 Å². The first-order valence-electron chi connectivity index (χ1n) is 4.13. The normalized spacial score (nSPS) is 12.2. The van der Waals surface area contributed by atoms with E-state index in [1.165, 1.54) is 6.92 Å². The number of halogens is 1. The molecule has 13 heavy (non-hydrogen) atoms. The van der Waals surface area contributed by atoms with Crippen molar-refractivity contribution in [1.82, 2.24) is 5.32 Å². The number of carbonyl (C=O) groups is 1. The molecule has 1 rings (SSSR count). The molecule has 0 radical (unpaired) electrons. The lowest BCUT2D eigenvalue weighted by molar-refractivity contribution is -0.119. The molecule has 0 aliphatic carbocycles. The van der Waals surface area contributed by atoms with E-state index in [1.807, 2.05) is 31.2 Å². The van der Waals surface area contributed by atoms with E-state index in [4.69, 9.17) is 0 Å². The molecule has 0 heterocycles. The predicted octanol–water partition coefficient (Wildman–Crippen LogP) is 2.65. The van der Waals surface area contributed by atoms with E-state index in [2.05, 4.69) is 21.2 Å². The minimum Gasteiger partial charge on any atom is -0.350 e. The minimum absolute atomic E-state index is 0.0109. The molecule has 1 atom stereocenters. The number of carbonyl (C=O) groups excluding carboxylic acids is 1. The maximum absolute atomic E-state index is 10.8. The standard InChI is InChI=1S/C10H12BrNO/c1-7(12-8(2)13)9-5-3-4-6-10(9)11/h3-7H,1-2H3,(H,12,13)/t7-/m0/s1. The van der Waals surface area contributed by atoms with Gasteiger partial charge in [0.15, 0.2) is 0 Å². The largest absolute Gasteiger partial charge is 0.350 e. The molecule has 1 amide bonds. The van der Waals surface area contributed by atoms with Gasteiger partial charge in [0.25, 0.3) is 0 Å². The molecule has 3 heteroatoms. The van der Waals surface area contributed by atoms with E-state index in [0.29, 0.717) is 0 Å². The van der Waals surface area contributed by atoms with Gasteiger partial charge >= 0.3 is 0 Å². The molecular weight excluding hydrogens is 230 g/mol. The first kappa shape index (κ1) is 10.3. The summed E-state index contributed by atoms with van der Waals surface area (Å²) >= 11 is 3.44. The summed E-state index contributed by atoms with van der Waals surface area (Å²) in [7, 11) is 0. The highest BCUT2D eigenvalue weighted by Gasteiger charge is 2.08. The molecular formula is C10H12BrNO. The Morgan fingerprint density at radius 1 is 1.46 bits per heavy atom. The van der Waals surface area contributed by atoms with E-state index in [9.17, 15) is 4.79 Å². The molecule has 0 saturated carbocycles. The lowest BCUT2D eigenvalue weighted by Crippen LogP contribution is -2.23. The van der Waals surface area contributed by atoms with Gasteiger partial charge in [0, 0.05) is 11.4 Å². The fraction of sp³-hybridized carbons (Fsp3) is 0.300. The van der Waals surface area contributed by atoms with Gasteiger partial charge in [0.2, 0.25) is 5.91 Å². The zero-order valence-electron chi connectivity index (χ0n) is 7.67. The molecule has 0 saturated heterocycles. The van der Waals surface area contributed by atoms with Crippen LogP contribution < -0.4 is 5.32 Å². The molecule has 0 fully saturated rings. The van der Waals surface area contributed by atoms with Crippen molar-refractivity contribution in [3.8, 4) is 0 Å². The van der Waals surface area contributed by atoms with Crippen LogP contribution in [0.5, 0.6) is 0 Å². The van der Waals surface area contributed by atoms with Crippen molar-refractivity contribution in [2.24, 2.45) is 0 Å². The van der Waals surface area contributed by atoms with Crippen molar-refractivity contribution in [3.63, 3.8) is 0 Å². The maximum atomic E-state index is 10.8. The Bertz CT molecular complexity index is 312. The Balaban J connectivity index is 2.82. The quantitative estimate of drug-likeness (QED) is 0.848. The SMILES string of the molecule is CC(=O)N[C@@H](C)c1ccccc1Br. The van der Waals surface area contributed by atoms with Gasteiger partial charge < -0.3 is 5.32 Å². The smallest absolute Gasteiger partial charge is 0.217 e. The zero-order valence-corrected chi connectivity index (χ0v) is 9.26. The number of nitrogens with one attached hydrogen (secondary N) is 1. The van der Waals surface area contributed by atoms with Crippen LogP contribution in [0.3, 0.4) is 0 Å². The third-order valence-electron chi connectivity index (χ3n) is 1.79. The van der Waals surface area contributed by atoms with E-state index in [1.54, 1.807) is 0 Å². The third-order valence-corrected chi connectivity index (χ3v) is 2.51. The first-order chi connectivity index (χ1) is 6.11. The molecule has 70 valence electrons.